The van der Waals surface area contributed by atoms with Crippen molar-refractivity contribution in [3.8, 4) is 0 Å². The predicted molar refractivity (Wildman–Crippen MR) is 86.8 cm³/mol. The average molecular weight is 323 g/mol. The van der Waals surface area contributed by atoms with Gasteiger partial charge in [0.25, 0.3) is 0 Å². The summed E-state index contributed by atoms with van der Waals surface area (Å²) in [7, 11) is 0. The van der Waals surface area contributed by atoms with Gasteiger partial charge in [-0.3, -0.25) is 14.5 Å². The smallest absolute Gasteiger partial charge is 0.235 e. The van der Waals surface area contributed by atoms with Gasteiger partial charge in [-0.1, -0.05) is 20.8 Å². The number of carbonyl (C=O) groups is 2. The number of hydrogen-bond donors (Lipinski definition) is 2. The quantitative estimate of drug-likeness (QED) is 0.728. The first-order chi connectivity index (χ1) is 10.8. The Kier molecular flexibility index (Phi) is 4.30. The van der Waals surface area contributed by atoms with Gasteiger partial charge in [0.15, 0.2) is 0 Å². The summed E-state index contributed by atoms with van der Waals surface area (Å²) >= 11 is 0. The maximum absolute atomic E-state index is 12.9. The third-order valence-electron chi connectivity index (χ3n) is 6.99. The molecule has 3 aliphatic rings. The minimum Gasteiger partial charge on any atom is -0.385 e. The van der Waals surface area contributed by atoms with Crippen LogP contribution in [0.25, 0.3) is 0 Å². The Hall–Kier alpha value is -0.940. The van der Waals surface area contributed by atoms with Crippen molar-refractivity contribution in [2.24, 2.45) is 16.7 Å². The molecule has 2 amide bonds. The van der Waals surface area contributed by atoms with E-state index in [9.17, 15) is 14.7 Å². The summed E-state index contributed by atoms with van der Waals surface area (Å²) in [6.45, 7) is 9.08. The molecule has 2 heterocycles. The SMILES string of the molecule is CC1(C)[C@@H]2CC[C@@]1(C)C(=O)N(C[C@H](O)C[NH+]1CCCCC1)C2=O. The number of fused-ring (bicyclic) bond motifs is 2. The molecule has 0 radical (unpaired) electrons. The van der Waals surface area contributed by atoms with Crippen molar-refractivity contribution in [3.63, 3.8) is 0 Å². The van der Waals surface area contributed by atoms with Gasteiger partial charge in [0.1, 0.15) is 12.6 Å². The molecule has 2 aliphatic heterocycles. The first-order valence-electron chi connectivity index (χ1n) is 9.15. The van der Waals surface area contributed by atoms with Gasteiger partial charge in [0.05, 0.1) is 25.0 Å². The summed E-state index contributed by atoms with van der Waals surface area (Å²) in [5.74, 6) is -0.226. The van der Waals surface area contributed by atoms with Crippen LogP contribution in [0.3, 0.4) is 0 Å². The summed E-state index contributed by atoms with van der Waals surface area (Å²) in [5.41, 5.74) is -0.746. The monoisotopic (exact) mass is 323 g/mol. The van der Waals surface area contributed by atoms with Gasteiger partial charge in [0, 0.05) is 5.92 Å². The molecule has 0 unspecified atom stereocenters. The molecule has 130 valence electrons. The molecule has 1 saturated carbocycles. The van der Waals surface area contributed by atoms with Crippen molar-refractivity contribution in [1.29, 1.82) is 0 Å². The van der Waals surface area contributed by atoms with E-state index in [0.717, 1.165) is 25.9 Å². The maximum Gasteiger partial charge on any atom is 0.235 e. The van der Waals surface area contributed by atoms with E-state index < -0.39 is 11.5 Å². The molecule has 3 fully saturated rings. The van der Waals surface area contributed by atoms with Crippen molar-refractivity contribution >= 4 is 11.8 Å². The summed E-state index contributed by atoms with van der Waals surface area (Å²) in [6, 6.07) is 0. The number of carbonyl (C=O) groups excluding carboxylic acids is 2. The van der Waals surface area contributed by atoms with E-state index in [1.54, 1.807) is 0 Å². The van der Waals surface area contributed by atoms with Crippen molar-refractivity contribution in [2.75, 3.05) is 26.2 Å². The summed E-state index contributed by atoms with van der Waals surface area (Å²) in [4.78, 5) is 28.5. The van der Waals surface area contributed by atoms with Gasteiger partial charge in [-0.05, 0) is 37.5 Å². The Morgan fingerprint density at radius 2 is 1.87 bits per heavy atom. The molecule has 23 heavy (non-hydrogen) atoms. The van der Waals surface area contributed by atoms with Gasteiger partial charge in [0.2, 0.25) is 11.8 Å². The molecule has 2 bridgehead atoms. The van der Waals surface area contributed by atoms with Crippen molar-refractivity contribution < 1.29 is 19.6 Å². The average Bonchev–Trinajstić information content (AvgIpc) is 2.70. The lowest BCUT2D eigenvalue weighted by molar-refractivity contribution is -0.907. The fourth-order valence-corrected chi connectivity index (χ4v) is 4.94. The van der Waals surface area contributed by atoms with Crippen molar-refractivity contribution in [1.82, 2.24) is 4.90 Å². The lowest BCUT2D eigenvalue weighted by Gasteiger charge is -2.48. The number of hydrogen-bond acceptors (Lipinski definition) is 3. The van der Waals surface area contributed by atoms with E-state index in [4.69, 9.17) is 0 Å². The van der Waals surface area contributed by atoms with E-state index in [1.807, 2.05) is 20.8 Å². The third kappa shape index (κ3) is 2.62. The normalized spacial score (nSPS) is 35.7. The molecular weight excluding hydrogens is 292 g/mol. The van der Waals surface area contributed by atoms with Crippen LogP contribution in [-0.2, 0) is 9.59 Å². The topological polar surface area (TPSA) is 62.1 Å². The van der Waals surface area contributed by atoms with Crippen molar-refractivity contribution in [2.45, 2.75) is 59.0 Å². The molecule has 0 aromatic heterocycles. The number of quaternary nitrogens is 1. The van der Waals surface area contributed by atoms with Gasteiger partial charge >= 0.3 is 0 Å². The molecule has 3 atom stereocenters. The first-order valence-corrected chi connectivity index (χ1v) is 9.15. The number of piperidine rings is 2. The van der Waals surface area contributed by atoms with Crippen LogP contribution in [0.5, 0.6) is 0 Å². The third-order valence-corrected chi connectivity index (χ3v) is 6.99. The second-order valence-electron chi connectivity index (χ2n) is 8.57. The number of β-amino-alcohol motifs (C(OH)–C–C–N with tert-alkyl or cyclic N) is 1. The minimum atomic E-state index is -0.611. The molecule has 5 heteroatoms. The fourth-order valence-electron chi connectivity index (χ4n) is 4.94. The second-order valence-corrected chi connectivity index (χ2v) is 8.57. The molecule has 2 saturated heterocycles. The van der Waals surface area contributed by atoms with E-state index in [2.05, 4.69) is 0 Å². The number of imide groups is 1. The molecule has 0 aromatic rings. The van der Waals surface area contributed by atoms with Crippen LogP contribution >= 0.6 is 0 Å². The molecule has 0 spiro atoms. The van der Waals surface area contributed by atoms with Gasteiger partial charge in [-0.2, -0.15) is 0 Å². The molecule has 1 aliphatic carbocycles. The lowest BCUT2D eigenvalue weighted by Crippen LogP contribution is -3.14. The lowest BCUT2D eigenvalue weighted by atomic mass is 9.62. The first kappa shape index (κ1) is 16.9. The predicted octanol–water partition coefficient (Wildman–Crippen LogP) is 0.227. The molecular formula is C18H31N2O3+. The van der Waals surface area contributed by atoms with Crippen LogP contribution < -0.4 is 4.90 Å². The zero-order valence-corrected chi connectivity index (χ0v) is 14.7. The van der Waals surface area contributed by atoms with E-state index in [1.165, 1.54) is 29.1 Å². The summed E-state index contributed by atoms with van der Waals surface area (Å²) in [6.07, 6.45) is 4.64. The molecule has 3 rings (SSSR count). The molecule has 2 N–H and O–H groups in total. The standard InChI is InChI=1S/C18H30N2O3/c1-17(2)14-7-8-18(17,3)16(23)20(15(14)22)12-13(21)11-19-9-5-4-6-10-19/h13-14,21H,4-12H2,1-3H3/p+1/t13-,14-,18+/m1/s1. The van der Waals surface area contributed by atoms with Crippen LogP contribution in [0, 0.1) is 16.7 Å². The zero-order valence-electron chi connectivity index (χ0n) is 14.7. The number of nitrogens with zero attached hydrogens (tertiary/aromatic N) is 1. The highest BCUT2D eigenvalue weighted by Gasteiger charge is 2.64. The Labute approximate surface area is 139 Å². The van der Waals surface area contributed by atoms with Crippen LogP contribution in [-0.4, -0.2) is 54.1 Å². The highest BCUT2D eigenvalue weighted by molar-refractivity contribution is 6.03. The maximum atomic E-state index is 12.9. The molecule has 5 nitrogen and oxygen atoms in total. The van der Waals surface area contributed by atoms with Gasteiger partial charge < -0.3 is 10.0 Å². The minimum absolute atomic E-state index is 0.0670. The molecule has 0 aromatic carbocycles. The van der Waals surface area contributed by atoms with E-state index in [0.29, 0.717) is 6.54 Å². The Balaban J connectivity index is 1.68. The Morgan fingerprint density at radius 3 is 2.52 bits per heavy atom. The van der Waals surface area contributed by atoms with Gasteiger partial charge in [-0.15, -0.1) is 0 Å². The van der Waals surface area contributed by atoms with Crippen LogP contribution in [0.15, 0.2) is 0 Å². The highest BCUT2D eigenvalue weighted by Crippen LogP contribution is 2.59. The summed E-state index contributed by atoms with van der Waals surface area (Å²) < 4.78 is 0. The van der Waals surface area contributed by atoms with Gasteiger partial charge in [-0.25, -0.2) is 0 Å². The van der Waals surface area contributed by atoms with Crippen LogP contribution in [0.2, 0.25) is 0 Å². The largest absolute Gasteiger partial charge is 0.385 e. The number of nitrogens with one attached hydrogen (secondary N) is 1. The Bertz CT molecular complexity index is 498. The number of aliphatic hydroxyl groups excluding tert-OH is 1. The van der Waals surface area contributed by atoms with Crippen molar-refractivity contribution in [3.05, 3.63) is 0 Å². The zero-order chi connectivity index (χ0) is 16.8. The second kappa shape index (κ2) is 5.85. The van der Waals surface area contributed by atoms with E-state index >= 15 is 0 Å². The number of aliphatic hydroxyl groups is 1. The highest BCUT2D eigenvalue weighted by atomic mass is 16.3. The Morgan fingerprint density at radius 1 is 1.22 bits per heavy atom. The van der Waals surface area contributed by atoms with E-state index in [-0.39, 0.29) is 29.7 Å². The fraction of sp³-hybridized carbons (Fsp3) is 0.889. The number of rotatable bonds is 4. The van der Waals surface area contributed by atoms with Crippen LogP contribution in [0.4, 0.5) is 0 Å². The van der Waals surface area contributed by atoms with Crippen LogP contribution in [0.1, 0.15) is 52.9 Å². The summed E-state index contributed by atoms with van der Waals surface area (Å²) in [5, 5.41) is 10.4. The number of likely N-dealkylation sites (tertiary alicyclic amines) is 2. The number of amides is 2.